The molecule has 0 saturated carbocycles. The van der Waals surface area contributed by atoms with Crippen molar-refractivity contribution in [2.24, 2.45) is 5.10 Å². The molecule has 0 fully saturated rings. The Morgan fingerprint density at radius 2 is 2.50 bits per heavy atom. The molecule has 6 heteroatoms. The van der Waals surface area contributed by atoms with Crippen LogP contribution in [0, 0.1) is 4.77 Å². The van der Waals surface area contributed by atoms with Gasteiger partial charge in [0.25, 0.3) is 0 Å². The molecule has 0 bridgehead atoms. The van der Waals surface area contributed by atoms with Crippen molar-refractivity contribution in [2.75, 3.05) is 0 Å². The Morgan fingerprint density at radius 1 is 1.62 bits per heavy atom. The minimum Gasteiger partial charge on any atom is -0.264 e. The standard InChI is InChI=1S/C10H11N5S/c1-2-9-13-14-10(16)15(9)12-7-8-4-3-5-11-6-8/h3-7H,2H2,1H3,(H,14,16)/b12-7-. The van der Waals surface area contributed by atoms with Gasteiger partial charge < -0.3 is 0 Å². The third-order valence-corrected chi connectivity index (χ3v) is 2.30. The molecule has 0 spiro atoms. The van der Waals surface area contributed by atoms with E-state index >= 15 is 0 Å². The van der Waals surface area contributed by atoms with Crippen LogP contribution in [0.15, 0.2) is 29.6 Å². The van der Waals surface area contributed by atoms with Crippen LogP contribution < -0.4 is 0 Å². The van der Waals surface area contributed by atoms with Gasteiger partial charge in [0.1, 0.15) is 0 Å². The second-order valence-electron chi connectivity index (χ2n) is 3.14. The quantitative estimate of drug-likeness (QED) is 0.649. The fraction of sp³-hybridized carbons (Fsp3) is 0.200. The Balaban J connectivity index is 2.30. The number of hydrogen-bond acceptors (Lipinski definition) is 4. The lowest BCUT2D eigenvalue weighted by atomic mass is 10.3. The fourth-order valence-corrected chi connectivity index (χ4v) is 1.45. The highest BCUT2D eigenvalue weighted by Gasteiger charge is 2.00. The molecular weight excluding hydrogens is 222 g/mol. The monoisotopic (exact) mass is 233 g/mol. The van der Waals surface area contributed by atoms with E-state index < -0.39 is 0 Å². The summed E-state index contributed by atoms with van der Waals surface area (Å²) in [6, 6.07) is 3.78. The normalized spacial score (nSPS) is 11.1. The molecule has 0 atom stereocenters. The lowest BCUT2D eigenvalue weighted by Crippen LogP contribution is -1.97. The molecule has 0 aromatic carbocycles. The van der Waals surface area contributed by atoms with Crippen molar-refractivity contribution in [3.63, 3.8) is 0 Å². The molecule has 1 N–H and O–H groups in total. The number of aryl methyl sites for hydroxylation is 1. The first-order valence-electron chi connectivity index (χ1n) is 4.92. The van der Waals surface area contributed by atoms with E-state index in [-0.39, 0.29) is 0 Å². The van der Waals surface area contributed by atoms with E-state index in [1.807, 2.05) is 19.1 Å². The maximum absolute atomic E-state index is 5.07. The smallest absolute Gasteiger partial charge is 0.216 e. The van der Waals surface area contributed by atoms with Gasteiger partial charge in [-0.3, -0.25) is 10.1 Å². The number of aromatic amines is 1. The molecule has 2 aromatic heterocycles. The van der Waals surface area contributed by atoms with Crippen molar-refractivity contribution < 1.29 is 0 Å². The van der Waals surface area contributed by atoms with Gasteiger partial charge in [0.05, 0.1) is 6.21 Å². The van der Waals surface area contributed by atoms with Crippen molar-refractivity contribution in [3.05, 3.63) is 40.7 Å². The molecule has 16 heavy (non-hydrogen) atoms. The molecule has 0 unspecified atom stereocenters. The van der Waals surface area contributed by atoms with Crippen LogP contribution in [0.4, 0.5) is 0 Å². The van der Waals surface area contributed by atoms with Crippen LogP contribution in [0.25, 0.3) is 0 Å². The first-order chi connectivity index (χ1) is 7.81. The largest absolute Gasteiger partial charge is 0.264 e. The summed E-state index contributed by atoms with van der Waals surface area (Å²) < 4.78 is 2.11. The molecule has 82 valence electrons. The third-order valence-electron chi connectivity index (χ3n) is 2.04. The average molecular weight is 233 g/mol. The summed E-state index contributed by atoms with van der Waals surface area (Å²) in [7, 11) is 0. The minimum atomic E-state index is 0.497. The highest BCUT2D eigenvalue weighted by atomic mass is 32.1. The summed E-state index contributed by atoms with van der Waals surface area (Å²) in [5.41, 5.74) is 0.924. The van der Waals surface area contributed by atoms with Gasteiger partial charge in [-0.05, 0) is 18.3 Å². The van der Waals surface area contributed by atoms with Gasteiger partial charge in [0.2, 0.25) is 4.77 Å². The molecule has 0 aliphatic heterocycles. The summed E-state index contributed by atoms with van der Waals surface area (Å²) >= 11 is 5.07. The van der Waals surface area contributed by atoms with E-state index in [4.69, 9.17) is 12.2 Å². The Morgan fingerprint density at radius 3 is 3.19 bits per heavy atom. The van der Waals surface area contributed by atoms with Crippen molar-refractivity contribution in [1.82, 2.24) is 19.9 Å². The van der Waals surface area contributed by atoms with Crippen LogP contribution in [0.1, 0.15) is 18.3 Å². The van der Waals surface area contributed by atoms with Gasteiger partial charge in [0.15, 0.2) is 5.82 Å². The number of aromatic nitrogens is 4. The minimum absolute atomic E-state index is 0.497. The Kier molecular flexibility index (Phi) is 3.21. The molecule has 2 rings (SSSR count). The van der Waals surface area contributed by atoms with Crippen molar-refractivity contribution >= 4 is 18.4 Å². The maximum Gasteiger partial charge on any atom is 0.216 e. The molecule has 2 heterocycles. The molecular formula is C10H11N5S. The average Bonchev–Trinajstić information content (AvgIpc) is 2.69. The SMILES string of the molecule is CCc1n[nH]c(=S)n1/N=C\c1cccnc1. The Hall–Kier alpha value is -1.82. The molecule has 5 nitrogen and oxygen atoms in total. The first kappa shape index (κ1) is 10.7. The first-order valence-corrected chi connectivity index (χ1v) is 5.32. The van der Waals surface area contributed by atoms with Gasteiger partial charge in [-0.2, -0.15) is 14.9 Å². The summed E-state index contributed by atoms with van der Waals surface area (Å²) in [6.45, 7) is 2.00. The number of pyridine rings is 1. The second-order valence-corrected chi connectivity index (χ2v) is 3.53. The zero-order chi connectivity index (χ0) is 11.4. The van der Waals surface area contributed by atoms with Crippen LogP contribution in [0.5, 0.6) is 0 Å². The van der Waals surface area contributed by atoms with Crippen LogP contribution in [-0.4, -0.2) is 26.1 Å². The predicted molar refractivity (Wildman–Crippen MR) is 64.0 cm³/mol. The van der Waals surface area contributed by atoms with Gasteiger partial charge in [0, 0.05) is 24.4 Å². The lowest BCUT2D eigenvalue weighted by molar-refractivity contribution is 0.780. The topological polar surface area (TPSA) is 58.9 Å². The van der Waals surface area contributed by atoms with Crippen LogP contribution >= 0.6 is 12.2 Å². The number of nitrogens with zero attached hydrogens (tertiary/aromatic N) is 4. The van der Waals surface area contributed by atoms with Crippen LogP contribution in [-0.2, 0) is 6.42 Å². The van der Waals surface area contributed by atoms with E-state index in [0.717, 1.165) is 17.8 Å². The Labute approximate surface area is 97.9 Å². The van der Waals surface area contributed by atoms with Gasteiger partial charge in [-0.15, -0.1) is 0 Å². The number of nitrogens with one attached hydrogen (secondary N) is 1. The van der Waals surface area contributed by atoms with Crippen molar-refractivity contribution in [3.8, 4) is 0 Å². The van der Waals surface area contributed by atoms with E-state index in [1.165, 1.54) is 0 Å². The molecule has 0 aliphatic carbocycles. The van der Waals surface area contributed by atoms with Gasteiger partial charge in [-0.25, -0.2) is 0 Å². The number of hydrogen-bond donors (Lipinski definition) is 1. The molecule has 2 aromatic rings. The van der Waals surface area contributed by atoms with Crippen molar-refractivity contribution in [1.29, 1.82) is 0 Å². The zero-order valence-corrected chi connectivity index (χ0v) is 9.61. The van der Waals surface area contributed by atoms with Crippen molar-refractivity contribution in [2.45, 2.75) is 13.3 Å². The maximum atomic E-state index is 5.07. The van der Waals surface area contributed by atoms with E-state index in [1.54, 1.807) is 23.3 Å². The Bertz CT molecular complexity index is 540. The predicted octanol–water partition coefficient (Wildman–Crippen LogP) is 1.78. The van der Waals surface area contributed by atoms with Crippen LogP contribution in [0.2, 0.25) is 0 Å². The van der Waals surface area contributed by atoms with Gasteiger partial charge >= 0.3 is 0 Å². The highest BCUT2D eigenvalue weighted by Crippen LogP contribution is 1.99. The second kappa shape index (κ2) is 4.80. The van der Waals surface area contributed by atoms with Gasteiger partial charge in [-0.1, -0.05) is 13.0 Å². The molecule has 0 aliphatic rings. The summed E-state index contributed by atoms with van der Waals surface area (Å²) in [6.07, 6.45) is 5.94. The molecule has 0 amide bonds. The fourth-order valence-electron chi connectivity index (χ4n) is 1.25. The van der Waals surface area contributed by atoms with E-state index in [2.05, 4.69) is 20.3 Å². The molecule has 0 saturated heterocycles. The number of H-pyrrole nitrogens is 1. The summed E-state index contributed by atoms with van der Waals surface area (Å²) in [5, 5.41) is 11.0. The van der Waals surface area contributed by atoms with Crippen LogP contribution in [0.3, 0.4) is 0 Å². The van der Waals surface area contributed by atoms with E-state index in [9.17, 15) is 0 Å². The third kappa shape index (κ3) is 2.22. The summed E-state index contributed by atoms with van der Waals surface area (Å²) in [5.74, 6) is 0.810. The lowest BCUT2D eigenvalue weighted by Gasteiger charge is -1.96. The molecule has 0 radical (unpaired) electrons. The highest BCUT2D eigenvalue weighted by molar-refractivity contribution is 7.71. The zero-order valence-electron chi connectivity index (χ0n) is 8.79. The summed E-state index contributed by atoms with van der Waals surface area (Å²) in [4.78, 5) is 4.00. The van der Waals surface area contributed by atoms with E-state index in [0.29, 0.717) is 4.77 Å². The number of rotatable bonds is 3.